The lowest BCUT2D eigenvalue weighted by atomic mass is 10.1. The van der Waals surface area contributed by atoms with Gasteiger partial charge in [0.1, 0.15) is 18.3 Å². The van der Waals surface area contributed by atoms with Gasteiger partial charge in [-0.2, -0.15) is 0 Å². The fourth-order valence-corrected chi connectivity index (χ4v) is 2.06. The molecule has 0 bridgehead atoms. The van der Waals surface area contributed by atoms with Crippen LogP contribution in [0, 0.1) is 0 Å². The second kappa shape index (κ2) is 4.41. The maximum absolute atomic E-state index is 9.94. The summed E-state index contributed by atoms with van der Waals surface area (Å²) in [6.45, 7) is 3.26. The molecule has 96 valence electrons. The highest BCUT2D eigenvalue weighted by Crippen LogP contribution is 2.38. The van der Waals surface area contributed by atoms with Gasteiger partial charge in [-0.25, -0.2) is 0 Å². The number of rotatable bonds is 3. The van der Waals surface area contributed by atoms with E-state index in [0.29, 0.717) is 0 Å². The molecule has 8 heteroatoms. The average molecular weight is 245 g/mol. The van der Waals surface area contributed by atoms with Gasteiger partial charge in [0.2, 0.25) is 0 Å². The molecule has 0 aromatic carbocycles. The van der Waals surface area contributed by atoms with E-state index in [4.69, 9.17) is 19.7 Å². The summed E-state index contributed by atoms with van der Waals surface area (Å²) in [6.07, 6.45) is -4.29. The number of nitrogens with zero attached hydrogens (tertiary/aromatic N) is 3. The third-order valence-corrected chi connectivity index (χ3v) is 2.76. The summed E-state index contributed by atoms with van der Waals surface area (Å²) in [7, 11) is 0. The van der Waals surface area contributed by atoms with Crippen LogP contribution >= 0.6 is 0 Å². The predicted molar refractivity (Wildman–Crippen MR) is 54.7 cm³/mol. The minimum absolute atomic E-state index is 0.166. The quantitative estimate of drug-likeness (QED) is 0.409. The standard InChI is InChI=1S/C9H15N3O5/c1-9(2)16-7-5(14)6(15-8(7)17-9)4(13)3-11-12-10/h4-8,13-14H,3H2,1-2H3/t4?,5-,6+,7+,8+/m0/s1. The zero-order valence-corrected chi connectivity index (χ0v) is 9.55. The molecule has 2 aliphatic heterocycles. The lowest BCUT2D eigenvalue weighted by Gasteiger charge is -2.25. The molecule has 0 spiro atoms. The van der Waals surface area contributed by atoms with E-state index in [1.54, 1.807) is 13.8 Å². The van der Waals surface area contributed by atoms with Crippen molar-refractivity contribution >= 4 is 0 Å². The lowest BCUT2D eigenvalue weighted by molar-refractivity contribution is -0.224. The van der Waals surface area contributed by atoms with Crippen LogP contribution in [0.25, 0.3) is 10.4 Å². The van der Waals surface area contributed by atoms with Crippen molar-refractivity contribution in [1.29, 1.82) is 0 Å². The number of aliphatic hydroxyl groups excluding tert-OH is 2. The molecule has 0 amide bonds. The first kappa shape index (κ1) is 12.6. The van der Waals surface area contributed by atoms with E-state index in [1.165, 1.54) is 0 Å². The Labute approximate surface area is 97.7 Å². The van der Waals surface area contributed by atoms with Crippen molar-refractivity contribution in [3.8, 4) is 0 Å². The predicted octanol–water partition coefficient (Wildman–Crippen LogP) is -0.105. The Hall–Kier alpha value is -0.890. The van der Waals surface area contributed by atoms with Crippen molar-refractivity contribution in [2.24, 2.45) is 5.11 Å². The first-order valence-electron chi connectivity index (χ1n) is 5.33. The van der Waals surface area contributed by atoms with Crippen LogP contribution in [-0.2, 0) is 14.2 Å². The van der Waals surface area contributed by atoms with E-state index < -0.39 is 36.5 Å². The van der Waals surface area contributed by atoms with Crippen LogP contribution in [0.1, 0.15) is 13.8 Å². The first-order valence-corrected chi connectivity index (χ1v) is 5.33. The second-order valence-electron chi connectivity index (χ2n) is 4.54. The number of hydrogen-bond acceptors (Lipinski definition) is 6. The highest BCUT2D eigenvalue weighted by Gasteiger charge is 2.55. The zero-order chi connectivity index (χ0) is 12.6. The Morgan fingerprint density at radius 2 is 2.18 bits per heavy atom. The molecule has 2 N–H and O–H groups in total. The van der Waals surface area contributed by atoms with Gasteiger partial charge in [-0.05, 0) is 19.4 Å². The number of fused-ring (bicyclic) bond motifs is 1. The van der Waals surface area contributed by atoms with Gasteiger partial charge in [0.15, 0.2) is 12.1 Å². The SMILES string of the molecule is CC1(C)O[C@H]2O[C@H](C(O)CN=[N+]=[N-])[C@H](O)[C@H]2O1. The topological polar surface area (TPSA) is 117 Å². The Bertz CT molecular complexity index is 344. The maximum Gasteiger partial charge on any atom is 0.190 e. The molecule has 1 unspecified atom stereocenters. The van der Waals surface area contributed by atoms with E-state index in [9.17, 15) is 10.2 Å². The van der Waals surface area contributed by atoms with E-state index in [0.717, 1.165) is 0 Å². The zero-order valence-electron chi connectivity index (χ0n) is 9.55. The molecule has 0 aromatic heterocycles. The Morgan fingerprint density at radius 3 is 2.76 bits per heavy atom. The Balaban J connectivity index is 2.00. The molecule has 2 saturated heterocycles. The molecule has 2 aliphatic rings. The summed E-state index contributed by atoms with van der Waals surface area (Å²) < 4.78 is 16.2. The number of hydrogen-bond donors (Lipinski definition) is 2. The van der Waals surface area contributed by atoms with Crippen LogP contribution in [0.15, 0.2) is 5.11 Å². The number of aliphatic hydroxyl groups is 2. The summed E-state index contributed by atoms with van der Waals surface area (Å²) in [6, 6.07) is 0. The molecule has 0 aliphatic carbocycles. The maximum atomic E-state index is 9.94. The van der Waals surface area contributed by atoms with Crippen molar-refractivity contribution in [2.45, 2.75) is 50.3 Å². The van der Waals surface area contributed by atoms with Gasteiger partial charge >= 0.3 is 0 Å². The summed E-state index contributed by atoms with van der Waals surface area (Å²) in [4.78, 5) is 2.53. The first-order chi connectivity index (χ1) is 7.94. The monoisotopic (exact) mass is 245 g/mol. The third kappa shape index (κ3) is 2.37. The van der Waals surface area contributed by atoms with E-state index in [-0.39, 0.29) is 6.54 Å². The van der Waals surface area contributed by atoms with Crippen LogP contribution in [0.4, 0.5) is 0 Å². The molecule has 0 aromatic rings. The van der Waals surface area contributed by atoms with Crippen LogP contribution in [-0.4, -0.2) is 53.3 Å². The molecule has 2 heterocycles. The van der Waals surface area contributed by atoms with Crippen molar-refractivity contribution < 1.29 is 24.4 Å². The van der Waals surface area contributed by atoms with Gasteiger partial charge in [-0.15, -0.1) is 0 Å². The van der Waals surface area contributed by atoms with Crippen LogP contribution in [0.3, 0.4) is 0 Å². The number of ether oxygens (including phenoxy) is 3. The lowest BCUT2D eigenvalue weighted by Crippen LogP contribution is -2.42. The smallest absolute Gasteiger partial charge is 0.190 e. The van der Waals surface area contributed by atoms with Crippen molar-refractivity contribution in [3.63, 3.8) is 0 Å². The summed E-state index contributed by atoms with van der Waals surface area (Å²) >= 11 is 0. The molecule has 2 fully saturated rings. The molecule has 0 saturated carbocycles. The molecule has 2 rings (SSSR count). The minimum atomic E-state index is -1.08. The number of azide groups is 1. The van der Waals surface area contributed by atoms with Crippen LogP contribution in [0.5, 0.6) is 0 Å². The highest BCUT2D eigenvalue weighted by atomic mass is 16.8. The third-order valence-electron chi connectivity index (χ3n) is 2.76. The van der Waals surface area contributed by atoms with Crippen LogP contribution in [0.2, 0.25) is 0 Å². The summed E-state index contributed by atoms with van der Waals surface area (Å²) in [5.74, 6) is -0.808. The van der Waals surface area contributed by atoms with Gasteiger partial charge in [-0.1, -0.05) is 5.11 Å². The van der Waals surface area contributed by atoms with E-state index in [2.05, 4.69) is 10.0 Å². The van der Waals surface area contributed by atoms with Gasteiger partial charge < -0.3 is 24.4 Å². The molecular weight excluding hydrogens is 230 g/mol. The van der Waals surface area contributed by atoms with Gasteiger partial charge in [0.25, 0.3) is 0 Å². The summed E-state index contributed by atoms with van der Waals surface area (Å²) in [5, 5.41) is 22.8. The van der Waals surface area contributed by atoms with Gasteiger partial charge in [0, 0.05) is 4.91 Å². The Kier molecular flexibility index (Phi) is 3.26. The largest absolute Gasteiger partial charge is 0.390 e. The summed E-state index contributed by atoms with van der Waals surface area (Å²) in [5.41, 5.74) is 8.15. The van der Waals surface area contributed by atoms with Crippen molar-refractivity contribution in [2.75, 3.05) is 6.54 Å². The fourth-order valence-electron chi connectivity index (χ4n) is 2.06. The molecule has 5 atom stereocenters. The van der Waals surface area contributed by atoms with Crippen molar-refractivity contribution in [1.82, 2.24) is 0 Å². The highest BCUT2D eigenvalue weighted by molar-refractivity contribution is 4.96. The van der Waals surface area contributed by atoms with E-state index in [1.807, 2.05) is 0 Å². The Morgan fingerprint density at radius 1 is 1.47 bits per heavy atom. The van der Waals surface area contributed by atoms with E-state index >= 15 is 0 Å². The average Bonchev–Trinajstić information content (AvgIpc) is 2.70. The van der Waals surface area contributed by atoms with Gasteiger partial charge in [0.05, 0.1) is 12.6 Å². The van der Waals surface area contributed by atoms with Gasteiger partial charge in [-0.3, -0.25) is 0 Å². The minimum Gasteiger partial charge on any atom is -0.390 e. The van der Waals surface area contributed by atoms with Crippen molar-refractivity contribution in [3.05, 3.63) is 10.4 Å². The van der Waals surface area contributed by atoms with Crippen LogP contribution < -0.4 is 0 Å². The molecule has 17 heavy (non-hydrogen) atoms. The fraction of sp³-hybridized carbons (Fsp3) is 1.00. The molecular formula is C9H15N3O5. The normalized spacial score (nSPS) is 40.7. The molecule has 0 radical (unpaired) electrons. The second-order valence-corrected chi connectivity index (χ2v) is 4.54. The molecule has 8 nitrogen and oxygen atoms in total.